The third-order valence-electron chi connectivity index (χ3n) is 2.35. The summed E-state index contributed by atoms with van der Waals surface area (Å²) >= 11 is 9.43. The van der Waals surface area contributed by atoms with Crippen molar-refractivity contribution in [1.82, 2.24) is 0 Å². The van der Waals surface area contributed by atoms with Crippen LogP contribution in [0.5, 0.6) is 0 Å². The summed E-state index contributed by atoms with van der Waals surface area (Å²) in [6.07, 6.45) is 3.08. The molecule has 2 rings (SSSR count). The van der Waals surface area contributed by atoms with E-state index in [1.54, 1.807) is 12.5 Å². The van der Waals surface area contributed by atoms with E-state index in [0.717, 1.165) is 15.6 Å². The molecule has 1 atom stereocenters. The lowest BCUT2D eigenvalue weighted by molar-refractivity contribution is 0.178. The Labute approximate surface area is 107 Å². The second kappa shape index (κ2) is 5.04. The van der Waals surface area contributed by atoms with Gasteiger partial charge in [-0.25, -0.2) is 0 Å². The van der Waals surface area contributed by atoms with Crippen LogP contribution < -0.4 is 0 Å². The van der Waals surface area contributed by atoms with E-state index in [1.165, 1.54) is 0 Å². The molecule has 0 aliphatic carbocycles. The number of halogens is 2. The quantitative estimate of drug-likeness (QED) is 0.930. The maximum Gasteiger partial charge on any atom is 0.0935 e. The summed E-state index contributed by atoms with van der Waals surface area (Å²) in [5.74, 6) is 0. The largest absolute Gasteiger partial charge is 0.472 e. The molecule has 0 radical (unpaired) electrons. The average Bonchev–Trinajstić information content (AvgIpc) is 2.74. The van der Waals surface area contributed by atoms with Gasteiger partial charge in [0.15, 0.2) is 0 Å². The van der Waals surface area contributed by atoms with Crippen molar-refractivity contribution < 1.29 is 9.52 Å². The van der Waals surface area contributed by atoms with Crippen LogP contribution >= 0.6 is 27.5 Å². The van der Waals surface area contributed by atoms with E-state index in [9.17, 15) is 5.11 Å². The van der Waals surface area contributed by atoms with Gasteiger partial charge in [-0.15, -0.1) is 0 Å². The van der Waals surface area contributed by atoms with Gasteiger partial charge in [0.1, 0.15) is 0 Å². The molecule has 4 heteroatoms. The molecular weight excluding hydrogens is 291 g/mol. The summed E-state index contributed by atoms with van der Waals surface area (Å²) in [5.41, 5.74) is 1.67. The molecule has 1 aromatic carbocycles. The molecule has 84 valence electrons. The van der Waals surface area contributed by atoms with Crippen molar-refractivity contribution >= 4 is 27.5 Å². The standard InChI is InChI=1S/C12H10BrClO2/c13-10-3-1-2-9(12(10)14)11(15)6-8-4-5-16-7-8/h1-5,7,11,15H,6H2. The SMILES string of the molecule is OC(Cc1ccoc1)c1cccc(Br)c1Cl. The number of aliphatic hydroxyl groups excluding tert-OH is 1. The van der Waals surface area contributed by atoms with Crippen LogP contribution in [0.4, 0.5) is 0 Å². The Morgan fingerprint density at radius 1 is 1.38 bits per heavy atom. The van der Waals surface area contributed by atoms with Gasteiger partial charge in [0.25, 0.3) is 0 Å². The van der Waals surface area contributed by atoms with Crippen LogP contribution in [-0.4, -0.2) is 5.11 Å². The first-order chi connectivity index (χ1) is 7.68. The first-order valence-electron chi connectivity index (χ1n) is 4.81. The molecule has 1 aromatic heterocycles. The smallest absolute Gasteiger partial charge is 0.0935 e. The van der Waals surface area contributed by atoms with Crippen molar-refractivity contribution in [3.8, 4) is 0 Å². The van der Waals surface area contributed by atoms with E-state index in [-0.39, 0.29) is 0 Å². The van der Waals surface area contributed by atoms with Crippen LogP contribution in [0.2, 0.25) is 5.02 Å². The first-order valence-corrected chi connectivity index (χ1v) is 5.98. The number of rotatable bonds is 3. The van der Waals surface area contributed by atoms with Crippen molar-refractivity contribution in [3.63, 3.8) is 0 Å². The molecule has 1 heterocycles. The lowest BCUT2D eigenvalue weighted by atomic mass is 10.0. The molecule has 1 N–H and O–H groups in total. The fourth-order valence-electron chi connectivity index (χ4n) is 1.52. The molecule has 0 aliphatic rings. The number of hydrogen-bond donors (Lipinski definition) is 1. The Kier molecular flexibility index (Phi) is 3.69. The van der Waals surface area contributed by atoms with Crippen molar-refractivity contribution in [3.05, 3.63) is 57.4 Å². The Morgan fingerprint density at radius 2 is 2.19 bits per heavy atom. The molecular formula is C12H10BrClO2. The lowest BCUT2D eigenvalue weighted by Crippen LogP contribution is -2.02. The fraction of sp³-hybridized carbons (Fsp3) is 0.167. The third kappa shape index (κ3) is 2.48. The van der Waals surface area contributed by atoms with Gasteiger partial charge in [-0.3, -0.25) is 0 Å². The van der Waals surface area contributed by atoms with Gasteiger partial charge in [-0.05, 0) is 33.6 Å². The zero-order valence-corrected chi connectivity index (χ0v) is 10.7. The number of benzene rings is 1. The molecule has 0 fully saturated rings. The predicted octanol–water partition coefficient (Wildman–Crippen LogP) is 3.97. The molecule has 2 nitrogen and oxygen atoms in total. The average molecular weight is 302 g/mol. The highest BCUT2D eigenvalue weighted by molar-refractivity contribution is 9.10. The van der Waals surface area contributed by atoms with Crippen molar-refractivity contribution in [2.24, 2.45) is 0 Å². The van der Waals surface area contributed by atoms with E-state index in [2.05, 4.69) is 15.9 Å². The van der Waals surface area contributed by atoms with Crippen LogP contribution in [0, 0.1) is 0 Å². The molecule has 16 heavy (non-hydrogen) atoms. The van der Waals surface area contributed by atoms with Gasteiger partial charge in [0.2, 0.25) is 0 Å². The number of aliphatic hydroxyl groups is 1. The van der Waals surface area contributed by atoms with Crippen molar-refractivity contribution in [2.45, 2.75) is 12.5 Å². The normalized spacial score (nSPS) is 12.7. The molecule has 0 aliphatic heterocycles. The highest BCUT2D eigenvalue weighted by atomic mass is 79.9. The van der Waals surface area contributed by atoms with E-state index in [4.69, 9.17) is 16.0 Å². The number of hydrogen-bond acceptors (Lipinski definition) is 2. The summed E-state index contributed by atoms with van der Waals surface area (Å²) in [4.78, 5) is 0. The zero-order valence-electron chi connectivity index (χ0n) is 8.36. The van der Waals surface area contributed by atoms with Crippen LogP contribution in [0.1, 0.15) is 17.2 Å². The Morgan fingerprint density at radius 3 is 2.88 bits per heavy atom. The molecule has 0 spiro atoms. The van der Waals surface area contributed by atoms with E-state index in [1.807, 2.05) is 24.3 Å². The van der Waals surface area contributed by atoms with Gasteiger partial charge in [0.05, 0.1) is 23.7 Å². The Bertz CT molecular complexity index is 468. The molecule has 0 saturated carbocycles. The molecule has 0 amide bonds. The predicted molar refractivity (Wildman–Crippen MR) is 66.5 cm³/mol. The van der Waals surface area contributed by atoms with Crippen molar-refractivity contribution in [1.29, 1.82) is 0 Å². The zero-order chi connectivity index (χ0) is 11.5. The van der Waals surface area contributed by atoms with Gasteiger partial charge in [0, 0.05) is 16.5 Å². The third-order valence-corrected chi connectivity index (χ3v) is 3.66. The van der Waals surface area contributed by atoms with Crippen LogP contribution in [0.25, 0.3) is 0 Å². The summed E-state index contributed by atoms with van der Waals surface area (Å²) in [7, 11) is 0. The highest BCUT2D eigenvalue weighted by Crippen LogP contribution is 2.31. The summed E-state index contributed by atoms with van der Waals surface area (Å²) in [5, 5.41) is 10.6. The van der Waals surface area contributed by atoms with Crippen LogP contribution in [0.15, 0.2) is 45.7 Å². The summed E-state index contributed by atoms with van der Waals surface area (Å²) in [6.45, 7) is 0. The summed E-state index contributed by atoms with van der Waals surface area (Å²) in [6, 6.07) is 7.34. The molecule has 0 bridgehead atoms. The Balaban J connectivity index is 2.21. The van der Waals surface area contributed by atoms with Crippen LogP contribution in [-0.2, 0) is 6.42 Å². The lowest BCUT2D eigenvalue weighted by Gasteiger charge is -2.12. The minimum Gasteiger partial charge on any atom is -0.472 e. The van der Waals surface area contributed by atoms with E-state index >= 15 is 0 Å². The Hall–Kier alpha value is -0.770. The molecule has 1 unspecified atom stereocenters. The fourth-order valence-corrected chi connectivity index (χ4v) is 2.15. The maximum atomic E-state index is 10.1. The monoisotopic (exact) mass is 300 g/mol. The highest BCUT2D eigenvalue weighted by Gasteiger charge is 2.14. The van der Waals surface area contributed by atoms with Gasteiger partial charge >= 0.3 is 0 Å². The summed E-state index contributed by atoms with van der Waals surface area (Å²) < 4.78 is 5.74. The minimum atomic E-state index is -0.623. The van der Waals surface area contributed by atoms with Crippen molar-refractivity contribution in [2.75, 3.05) is 0 Å². The molecule has 0 saturated heterocycles. The van der Waals surface area contributed by atoms with E-state index in [0.29, 0.717) is 11.4 Å². The minimum absolute atomic E-state index is 0.493. The molecule has 2 aromatic rings. The second-order valence-electron chi connectivity index (χ2n) is 3.49. The number of furan rings is 1. The van der Waals surface area contributed by atoms with Crippen LogP contribution in [0.3, 0.4) is 0 Å². The van der Waals surface area contributed by atoms with E-state index < -0.39 is 6.10 Å². The topological polar surface area (TPSA) is 33.4 Å². The van der Waals surface area contributed by atoms with Gasteiger partial charge in [-0.2, -0.15) is 0 Å². The second-order valence-corrected chi connectivity index (χ2v) is 4.73. The first kappa shape index (κ1) is 11.7. The maximum absolute atomic E-state index is 10.1. The van der Waals surface area contributed by atoms with Gasteiger partial charge < -0.3 is 9.52 Å². The van der Waals surface area contributed by atoms with Gasteiger partial charge in [-0.1, -0.05) is 23.7 Å².